The van der Waals surface area contributed by atoms with Gasteiger partial charge in [-0.3, -0.25) is 19.5 Å². The van der Waals surface area contributed by atoms with Gasteiger partial charge in [0.15, 0.2) is 0 Å². The van der Waals surface area contributed by atoms with Crippen molar-refractivity contribution in [1.29, 1.82) is 0 Å². The molecule has 6 nitrogen and oxygen atoms in total. The Morgan fingerprint density at radius 1 is 0.971 bits per heavy atom. The molecule has 7 heteroatoms. The fourth-order valence-corrected chi connectivity index (χ4v) is 5.98. The Morgan fingerprint density at radius 2 is 1.71 bits per heavy atom. The molecule has 3 heterocycles. The third-order valence-corrected chi connectivity index (χ3v) is 8.03. The first kappa shape index (κ1) is 23.3. The lowest BCUT2D eigenvalue weighted by Gasteiger charge is -2.34. The number of aryl methyl sites for hydroxylation is 2. The van der Waals surface area contributed by atoms with Crippen molar-refractivity contribution in [2.24, 2.45) is 5.92 Å². The lowest BCUT2D eigenvalue weighted by atomic mass is 9.90. The summed E-state index contributed by atoms with van der Waals surface area (Å²) in [7, 11) is 0. The number of benzene rings is 1. The number of aliphatic carboxylic acids is 1. The molecule has 2 atom stereocenters. The first-order valence-corrected chi connectivity index (χ1v) is 12.9. The molecule has 3 aliphatic rings. The van der Waals surface area contributed by atoms with Crippen LogP contribution in [0.25, 0.3) is 0 Å². The van der Waals surface area contributed by atoms with Crippen LogP contribution in [0, 0.1) is 5.92 Å². The Labute approximate surface area is 205 Å². The number of likely N-dealkylation sites (tertiary alicyclic amines) is 2. The summed E-state index contributed by atoms with van der Waals surface area (Å²) in [5.41, 5.74) is 4.57. The second-order valence-electron chi connectivity index (χ2n) is 9.92. The van der Waals surface area contributed by atoms with Crippen LogP contribution >= 0.6 is 11.6 Å². The molecular weight excluding hydrogens is 450 g/mol. The zero-order chi connectivity index (χ0) is 23.7. The van der Waals surface area contributed by atoms with Crippen LogP contribution in [-0.2, 0) is 22.4 Å². The molecule has 34 heavy (non-hydrogen) atoms. The van der Waals surface area contributed by atoms with Gasteiger partial charge < -0.3 is 10.0 Å². The molecule has 2 aliphatic heterocycles. The van der Waals surface area contributed by atoms with Crippen LogP contribution in [0.3, 0.4) is 0 Å². The van der Waals surface area contributed by atoms with Gasteiger partial charge in [0.25, 0.3) is 0 Å². The van der Waals surface area contributed by atoms with Crippen molar-refractivity contribution in [3.63, 3.8) is 0 Å². The topological polar surface area (TPSA) is 73.7 Å². The lowest BCUT2D eigenvalue weighted by molar-refractivity contribution is -0.144. The highest BCUT2D eigenvalue weighted by Crippen LogP contribution is 2.33. The van der Waals surface area contributed by atoms with Gasteiger partial charge in [-0.1, -0.05) is 29.8 Å². The number of piperidine rings is 1. The summed E-state index contributed by atoms with van der Waals surface area (Å²) in [6.07, 6.45) is 7.31. The monoisotopic (exact) mass is 481 g/mol. The molecule has 180 valence electrons. The van der Waals surface area contributed by atoms with Crippen molar-refractivity contribution < 1.29 is 14.7 Å². The largest absolute Gasteiger partial charge is 0.480 e. The molecule has 2 aromatic rings. The molecule has 0 spiro atoms. The zero-order valence-corrected chi connectivity index (χ0v) is 20.2. The average molecular weight is 482 g/mol. The number of nitrogens with zero attached hydrogens (tertiary/aromatic N) is 3. The molecule has 5 rings (SSSR count). The van der Waals surface area contributed by atoms with Crippen LogP contribution in [0.2, 0.25) is 5.02 Å². The summed E-state index contributed by atoms with van der Waals surface area (Å²) in [5.74, 6) is -0.460. The van der Waals surface area contributed by atoms with Gasteiger partial charge in [-0.05, 0) is 74.3 Å². The number of fused-ring (bicyclic) bond motifs is 1. The fraction of sp³-hybridized carbons (Fsp3) is 0.519. The van der Waals surface area contributed by atoms with E-state index in [4.69, 9.17) is 16.6 Å². The summed E-state index contributed by atoms with van der Waals surface area (Å²) in [4.78, 5) is 34.2. The molecule has 1 aromatic carbocycles. The van der Waals surface area contributed by atoms with E-state index in [-0.39, 0.29) is 11.8 Å². The van der Waals surface area contributed by atoms with Gasteiger partial charge in [0, 0.05) is 48.5 Å². The summed E-state index contributed by atoms with van der Waals surface area (Å²) in [6, 6.07) is 10.7. The van der Waals surface area contributed by atoms with Crippen molar-refractivity contribution in [2.75, 3.05) is 26.2 Å². The molecule has 2 saturated heterocycles. The quantitative estimate of drug-likeness (QED) is 0.682. The number of hydrogen-bond acceptors (Lipinski definition) is 4. The van der Waals surface area contributed by atoms with E-state index in [0.717, 1.165) is 38.8 Å². The minimum atomic E-state index is -0.895. The Hall–Kier alpha value is -2.44. The Morgan fingerprint density at radius 3 is 2.44 bits per heavy atom. The van der Waals surface area contributed by atoms with Crippen molar-refractivity contribution >= 4 is 23.5 Å². The van der Waals surface area contributed by atoms with E-state index in [9.17, 15) is 14.7 Å². The highest BCUT2D eigenvalue weighted by Gasteiger charge is 2.38. The number of hydrogen-bond donors (Lipinski definition) is 1. The summed E-state index contributed by atoms with van der Waals surface area (Å²) < 4.78 is 0. The number of carboxylic acids is 1. The van der Waals surface area contributed by atoms with Gasteiger partial charge in [0.1, 0.15) is 6.04 Å². The van der Waals surface area contributed by atoms with Crippen LogP contribution in [0.5, 0.6) is 0 Å². The standard InChI is InChI=1S/C27H32ClN3O3/c28-22-8-5-20(6-9-22)25(27(33)34)31-16-13-21(17-31)26(32)30-14-11-19(12-15-30)24-10-7-18-3-1-2-4-23(18)29-24/h5-10,19,21,25H,1-4,11-17H2,(H,33,34)/t21-,25-/m1/s1. The van der Waals surface area contributed by atoms with Crippen LogP contribution in [0.4, 0.5) is 0 Å². The lowest BCUT2D eigenvalue weighted by Crippen LogP contribution is -2.42. The number of carboxylic acid groups (broad SMARTS) is 1. The zero-order valence-electron chi connectivity index (χ0n) is 19.5. The van der Waals surface area contributed by atoms with Gasteiger partial charge in [-0.15, -0.1) is 0 Å². The van der Waals surface area contributed by atoms with E-state index >= 15 is 0 Å². The maximum atomic E-state index is 13.3. The molecule has 1 aliphatic carbocycles. The molecule has 2 fully saturated rings. The third kappa shape index (κ3) is 4.84. The van der Waals surface area contributed by atoms with Gasteiger partial charge in [-0.2, -0.15) is 0 Å². The van der Waals surface area contributed by atoms with E-state index in [0.29, 0.717) is 36.0 Å². The van der Waals surface area contributed by atoms with E-state index in [2.05, 4.69) is 12.1 Å². The van der Waals surface area contributed by atoms with Crippen LogP contribution in [0.1, 0.15) is 66.6 Å². The molecule has 0 bridgehead atoms. The normalized spacial score (nSPS) is 22.4. The van der Waals surface area contributed by atoms with Gasteiger partial charge in [-0.25, -0.2) is 0 Å². The highest BCUT2D eigenvalue weighted by molar-refractivity contribution is 6.30. The van der Waals surface area contributed by atoms with Crippen molar-refractivity contribution in [2.45, 2.75) is 56.9 Å². The number of carbonyl (C=O) groups excluding carboxylic acids is 1. The minimum absolute atomic E-state index is 0.146. The van der Waals surface area contributed by atoms with Crippen LogP contribution < -0.4 is 0 Å². The predicted molar refractivity (Wildman–Crippen MR) is 131 cm³/mol. The second kappa shape index (κ2) is 10.0. The van der Waals surface area contributed by atoms with Gasteiger partial charge in [0.2, 0.25) is 5.91 Å². The molecule has 0 saturated carbocycles. The number of pyridine rings is 1. The van der Waals surface area contributed by atoms with Gasteiger partial charge in [0.05, 0.1) is 5.92 Å². The number of amides is 1. The molecule has 1 aromatic heterocycles. The van der Waals surface area contributed by atoms with Crippen molar-refractivity contribution in [3.05, 3.63) is 63.9 Å². The Kier molecular flexibility index (Phi) is 6.89. The summed E-state index contributed by atoms with van der Waals surface area (Å²) in [5, 5.41) is 10.4. The highest BCUT2D eigenvalue weighted by atomic mass is 35.5. The molecule has 1 N–H and O–H groups in total. The first-order chi connectivity index (χ1) is 16.5. The van der Waals surface area contributed by atoms with Gasteiger partial charge >= 0.3 is 5.97 Å². The van der Waals surface area contributed by atoms with Crippen molar-refractivity contribution in [1.82, 2.24) is 14.8 Å². The molecule has 0 radical (unpaired) electrons. The Bertz CT molecular complexity index is 1050. The maximum absolute atomic E-state index is 13.3. The SMILES string of the molecule is O=C(O)[C@@H](c1ccc(Cl)cc1)N1CC[C@@H](C(=O)N2CCC(c3ccc4c(n3)CCCC4)CC2)C1. The smallest absolute Gasteiger partial charge is 0.325 e. The van der Waals surface area contributed by atoms with E-state index in [1.165, 1.54) is 29.8 Å². The molecular formula is C27H32ClN3O3. The third-order valence-electron chi connectivity index (χ3n) is 7.78. The number of halogens is 1. The number of aromatic nitrogens is 1. The van der Waals surface area contributed by atoms with E-state index < -0.39 is 12.0 Å². The first-order valence-electron chi connectivity index (χ1n) is 12.5. The maximum Gasteiger partial charge on any atom is 0.325 e. The number of carbonyl (C=O) groups is 2. The second-order valence-corrected chi connectivity index (χ2v) is 10.4. The Balaban J connectivity index is 1.18. The minimum Gasteiger partial charge on any atom is -0.480 e. The van der Waals surface area contributed by atoms with Crippen LogP contribution in [-0.4, -0.2) is 57.9 Å². The average Bonchev–Trinajstić information content (AvgIpc) is 3.34. The number of rotatable bonds is 5. The summed E-state index contributed by atoms with van der Waals surface area (Å²) >= 11 is 5.97. The molecule has 0 unspecified atom stereocenters. The fourth-order valence-electron chi connectivity index (χ4n) is 5.86. The molecule has 1 amide bonds. The van der Waals surface area contributed by atoms with Crippen LogP contribution in [0.15, 0.2) is 36.4 Å². The predicted octanol–water partition coefficient (Wildman–Crippen LogP) is 4.47. The summed E-state index contributed by atoms with van der Waals surface area (Å²) in [6.45, 7) is 2.58. The van der Waals surface area contributed by atoms with Crippen molar-refractivity contribution in [3.8, 4) is 0 Å². The van der Waals surface area contributed by atoms with E-state index in [1.807, 2.05) is 9.80 Å². The van der Waals surface area contributed by atoms with E-state index in [1.54, 1.807) is 24.3 Å².